The maximum atomic E-state index is 10.8. The molecule has 1 amide bonds. The Morgan fingerprint density at radius 1 is 1.62 bits per heavy atom. The van der Waals surface area contributed by atoms with Crippen molar-refractivity contribution in [2.24, 2.45) is 0 Å². The molecule has 4 nitrogen and oxygen atoms in total. The molecule has 1 aromatic rings. The minimum Gasteiger partial charge on any atom is -0.480 e. The van der Waals surface area contributed by atoms with Gasteiger partial charge in [-0.05, 0) is 22.4 Å². The van der Waals surface area contributed by atoms with Crippen molar-refractivity contribution in [2.75, 3.05) is 5.75 Å². The van der Waals surface area contributed by atoms with E-state index in [9.17, 15) is 9.59 Å². The lowest BCUT2D eigenvalue weighted by molar-refractivity contribution is -0.140. The number of rotatable bonds is 6. The highest BCUT2D eigenvalue weighted by molar-refractivity contribution is 7.98. The normalized spacial score (nSPS) is 12.1. The highest BCUT2D eigenvalue weighted by Crippen LogP contribution is 2.15. The van der Waals surface area contributed by atoms with E-state index >= 15 is 0 Å². The summed E-state index contributed by atoms with van der Waals surface area (Å²) in [6.07, 6.45) is 0. The molecule has 0 spiro atoms. The third-order valence-corrected chi connectivity index (χ3v) is 3.65. The van der Waals surface area contributed by atoms with Crippen LogP contribution in [0, 0.1) is 0 Å². The SMILES string of the molecule is CC(=O)N[C@@H](CSCc1ccsc1)C(=O)O. The first-order valence-electron chi connectivity index (χ1n) is 4.68. The van der Waals surface area contributed by atoms with E-state index in [0.717, 1.165) is 5.75 Å². The number of carbonyl (C=O) groups is 2. The zero-order valence-corrected chi connectivity index (χ0v) is 10.4. The van der Waals surface area contributed by atoms with Gasteiger partial charge in [0.2, 0.25) is 5.91 Å². The quantitative estimate of drug-likeness (QED) is 0.814. The Kier molecular flexibility index (Phi) is 5.34. The van der Waals surface area contributed by atoms with E-state index in [4.69, 9.17) is 5.11 Å². The van der Waals surface area contributed by atoms with Crippen LogP contribution in [-0.4, -0.2) is 28.8 Å². The Bertz CT molecular complexity index is 351. The number of hydrogen-bond donors (Lipinski definition) is 2. The fourth-order valence-corrected chi connectivity index (χ4v) is 2.86. The predicted molar refractivity (Wildman–Crippen MR) is 65.7 cm³/mol. The molecule has 0 aliphatic carbocycles. The maximum Gasteiger partial charge on any atom is 0.327 e. The van der Waals surface area contributed by atoms with Gasteiger partial charge in [0.25, 0.3) is 0 Å². The zero-order valence-electron chi connectivity index (χ0n) is 8.80. The third-order valence-electron chi connectivity index (χ3n) is 1.81. The van der Waals surface area contributed by atoms with Gasteiger partial charge in [0.15, 0.2) is 0 Å². The summed E-state index contributed by atoms with van der Waals surface area (Å²) < 4.78 is 0. The van der Waals surface area contributed by atoms with Crippen LogP contribution in [0.4, 0.5) is 0 Å². The number of carbonyl (C=O) groups excluding carboxylic acids is 1. The van der Waals surface area contributed by atoms with Crippen LogP contribution in [0.3, 0.4) is 0 Å². The standard InChI is InChI=1S/C10H13NO3S2/c1-7(12)11-9(10(13)14)6-16-5-8-2-3-15-4-8/h2-4,9H,5-6H2,1H3,(H,11,12)(H,13,14)/t9-/m0/s1. The van der Waals surface area contributed by atoms with Crippen molar-refractivity contribution < 1.29 is 14.7 Å². The van der Waals surface area contributed by atoms with Crippen LogP contribution in [0.25, 0.3) is 0 Å². The van der Waals surface area contributed by atoms with Crippen LogP contribution >= 0.6 is 23.1 Å². The molecule has 16 heavy (non-hydrogen) atoms. The van der Waals surface area contributed by atoms with Gasteiger partial charge >= 0.3 is 5.97 Å². The summed E-state index contributed by atoms with van der Waals surface area (Å²) in [7, 11) is 0. The number of hydrogen-bond acceptors (Lipinski definition) is 4. The van der Waals surface area contributed by atoms with Crippen molar-refractivity contribution in [3.63, 3.8) is 0 Å². The number of thioether (sulfide) groups is 1. The number of aliphatic carboxylic acids is 1. The van der Waals surface area contributed by atoms with Crippen molar-refractivity contribution in [3.05, 3.63) is 22.4 Å². The molecule has 0 saturated heterocycles. The molecule has 1 aromatic heterocycles. The van der Waals surface area contributed by atoms with E-state index in [1.807, 2.05) is 16.8 Å². The largest absolute Gasteiger partial charge is 0.480 e. The second-order valence-corrected chi connectivity index (χ2v) is 5.05. The highest BCUT2D eigenvalue weighted by Gasteiger charge is 2.17. The first-order valence-corrected chi connectivity index (χ1v) is 6.78. The van der Waals surface area contributed by atoms with Gasteiger partial charge in [-0.15, -0.1) is 0 Å². The summed E-state index contributed by atoms with van der Waals surface area (Å²) in [6.45, 7) is 1.32. The van der Waals surface area contributed by atoms with Gasteiger partial charge in [-0.3, -0.25) is 4.79 Å². The third kappa shape index (κ3) is 4.67. The van der Waals surface area contributed by atoms with Gasteiger partial charge in [0.05, 0.1) is 0 Å². The lowest BCUT2D eigenvalue weighted by Gasteiger charge is -2.12. The van der Waals surface area contributed by atoms with E-state index in [0.29, 0.717) is 5.75 Å². The molecule has 6 heteroatoms. The summed E-state index contributed by atoms with van der Waals surface area (Å²) in [6, 6.07) is 1.20. The number of thiophene rings is 1. The van der Waals surface area contributed by atoms with Crippen LogP contribution in [-0.2, 0) is 15.3 Å². The average Bonchev–Trinajstić information content (AvgIpc) is 2.68. The minimum atomic E-state index is -0.993. The summed E-state index contributed by atoms with van der Waals surface area (Å²) in [5.74, 6) is -0.158. The Balaban J connectivity index is 2.32. The number of nitrogens with one attached hydrogen (secondary N) is 1. The van der Waals surface area contributed by atoms with Crippen molar-refractivity contribution in [1.82, 2.24) is 5.32 Å². The molecular formula is C10H13NO3S2. The van der Waals surface area contributed by atoms with E-state index in [1.165, 1.54) is 24.2 Å². The summed E-state index contributed by atoms with van der Waals surface area (Å²) >= 11 is 3.12. The van der Waals surface area contributed by atoms with Crippen LogP contribution in [0.15, 0.2) is 16.8 Å². The second kappa shape index (κ2) is 6.55. The van der Waals surface area contributed by atoms with E-state index < -0.39 is 12.0 Å². The molecule has 88 valence electrons. The molecule has 0 bridgehead atoms. The summed E-state index contributed by atoms with van der Waals surface area (Å²) in [5.41, 5.74) is 1.18. The van der Waals surface area contributed by atoms with Crippen LogP contribution in [0.2, 0.25) is 0 Å². The topological polar surface area (TPSA) is 66.4 Å². The monoisotopic (exact) mass is 259 g/mol. The number of amides is 1. The summed E-state index contributed by atoms with van der Waals surface area (Å²) in [4.78, 5) is 21.6. The maximum absolute atomic E-state index is 10.8. The molecule has 0 aliphatic rings. The van der Waals surface area contributed by atoms with Crippen molar-refractivity contribution in [3.8, 4) is 0 Å². The molecule has 2 N–H and O–H groups in total. The molecule has 0 fully saturated rings. The van der Waals surface area contributed by atoms with Gasteiger partial charge in [-0.25, -0.2) is 4.79 Å². The van der Waals surface area contributed by atoms with E-state index in [-0.39, 0.29) is 5.91 Å². The van der Waals surface area contributed by atoms with Crippen molar-refractivity contribution in [1.29, 1.82) is 0 Å². The first kappa shape index (κ1) is 13.1. The lowest BCUT2D eigenvalue weighted by Crippen LogP contribution is -2.41. The van der Waals surface area contributed by atoms with Crippen molar-refractivity contribution in [2.45, 2.75) is 18.7 Å². The molecule has 1 rings (SSSR count). The zero-order chi connectivity index (χ0) is 12.0. The molecule has 0 unspecified atom stereocenters. The Morgan fingerprint density at radius 3 is 2.88 bits per heavy atom. The average molecular weight is 259 g/mol. The van der Waals surface area contributed by atoms with E-state index in [2.05, 4.69) is 5.32 Å². The Labute approximate surface area is 102 Å². The van der Waals surface area contributed by atoms with Crippen LogP contribution in [0.1, 0.15) is 12.5 Å². The Hall–Kier alpha value is -1.01. The number of carboxylic acids is 1. The van der Waals surface area contributed by atoms with Gasteiger partial charge in [-0.1, -0.05) is 0 Å². The molecule has 1 heterocycles. The first-order chi connectivity index (χ1) is 7.59. The fourth-order valence-electron chi connectivity index (χ4n) is 1.09. The van der Waals surface area contributed by atoms with Gasteiger partial charge < -0.3 is 10.4 Å². The molecule has 0 saturated carbocycles. The molecule has 0 aliphatic heterocycles. The smallest absolute Gasteiger partial charge is 0.327 e. The molecule has 0 aromatic carbocycles. The molecular weight excluding hydrogens is 246 g/mol. The van der Waals surface area contributed by atoms with E-state index in [1.54, 1.807) is 11.3 Å². The van der Waals surface area contributed by atoms with Crippen molar-refractivity contribution >= 4 is 35.0 Å². The summed E-state index contributed by atoms with van der Waals surface area (Å²) in [5, 5.41) is 15.3. The van der Waals surface area contributed by atoms with Gasteiger partial charge in [0.1, 0.15) is 6.04 Å². The Morgan fingerprint density at radius 2 is 2.38 bits per heavy atom. The highest BCUT2D eigenvalue weighted by atomic mass is 32.2. The minimum absolute atomic E-state index is 0.316. The van der Waals surface area contributed by atoms with Crippen LogP contribution in [0.5, 0.6) is 0 Å². The predicted octanol–water partition coefficient (Wildman–Crippen LogP) is 1.57. The van der Waals surface area contributed by atoms with Gasteiger partial charge in [-0.2, -0.15) is 23.1 Å². The molecule has 0 radical (unpaired) electrons. The van der Waals surface area contributed by atoms with Crippen LogP contribution < -0.4 is 5.32 Å². The number of carboxylic acid groups (broad SMARTS) is 1. The fraction of sp³-hybridized carbons (Fsp3) is 0.400. The van der Waals surface area contributed by atoms with Gasteiger partial charge in [0, 0.05) is 18.4 Å². The second-order valence-electron chi connectivity index (χ2n) is 3.24. The lowest BCUT2D eigenvalue weighted by atomic mass is 10.3. The molecule has 1 atom stereocenters.